The van der Waals surface area contributed by atoms with E-state index in [-0.39, 0.29) is 17.6 Å². The fourth-order valence-corrected chi connectivity index (χ4v) is 5.21. The summed E-state index contributed by atoms with van der Waals surface area (Å²) < 4.78 is 25.1. The van der Waals surface area contributed by atoms with Gasteiger partial charge in [0.05, 0.1) is 32.2 Å². The van der Waals surface area contributed by atoms with E-state index in [4.69, 9.17) is 18.9 Å². The summed E-state index contributed by atoms with van der Waals surface area (Å²) in [4.78, 5) is 12.9. The molecule has 3 fully saturated rings. The minimum absolute atomic E-state index is 0.0936. The maximum Gasteiger partial charge on any atom is 0.316 e. The van der Waals surface area contributed by atoms with Crippen molar-refractivity contribution in [3.8, 4) is 17.5 Å². The van der Waals surface area contributed by atoms with E-state index >= 15 is 0 Å². The van der Waals surface area contributed by atoms with Crippen molar-refractivity contribution < 1.29 is 18.9 Å². The largest absolute Gasteiger partial charge is 0.494 e. The Kier molecular flexibility index (Phi) is 4.86. The zero-order valence-electron chi connectivity index (χ0n) is 18.1. The fraction of sp³-hybridized carbons (Fsp3) is 0.565. The van der Waals surface area contributed by atoms with Crippen molar-refractivity contribution in [3.63, 3.8) is 0 Å². The third-order valence-electron chi connectivity index (χ3n) is 7.19. The monoisotopic (exact) mass is 437 g/mol. The van der Waals surface area contributed by atoms with Crippen LogP contribution < -0.4 is 14.2 Å². The van der Waals surface area contributed by atoms with Crippen molar-refractivity contribution >= 4 is 5.65 Å². The molecule has 4 heterocycles. The van der Waals surface area contributed by atoms with Gasteiger partial charge in [-0.1, -0.05) is 0 Å². The van der Waals surface area contributed by atoms with Crippen LogP contribution in [0.3, 0.4) is 0 Å². The highest BCUT2D eigenvalue weighted by Gasteiger charge is 2.57. The van der Waals surface area contributed by atoms with Crippen molar-refractivity contribution in [1.82, 2.24) is 24.6 Å². The molecule has 2 unspecified atom stereocenters. The van der Waals surface area contributed by atoms with E-state index in [2.05, 4.69) is 32.3 Å². The van der Waals surface area contributed by atoms with Gasteiger partial charge in [-0.2, -0.15) is 15.1 Å². The van der Waals surface area contributed by atoms with Gasteiger partial charge in [-0.05, 0) is 56.1 Å². The summed E-state index contributed by atoms with van der Waals surface area (Å²) in [6, 6.07) is 2.59. The zero-order chi connectivity index (χ0) is 21.5. The number of rotatable bonds is 6. The van der Waals surface area contributed by atoms with E-state index in [1.54, 1.807) is 25.8 Å². The third-order valence-corrected chi connectivity index (χ3v) is 7.19. The van der Waals surface area contributed by atoms with Gasteiger partial charge in [0.2, 0.25) is 0 Å². The number of nitrogens with zero attached hydrogens (tertiary/aromatic N) is 5. The Morgan fingerprint density at radius 1 is 1.06 bits per heavy atom. The minimum atomic E-state index is 0.0936. The highest BCUT2D eigenvalue weighted by Crippen LogP contribution is 2.59. The lowest BCUT2D eigenvalue weighted by Crippen LogP contribution is -2.30. The first-order chi connectivity index (χ1) is 15.7. The summed E-state index contributed by atoms with van der Waals surface area (Å²) in [6.45, 7) is 1.68. The second-order valence-corrected chi connectivity index (χ2v) is 9.04. The second kappa shape index (κ2) is 7.88. The van der Waals surface area contributed by atoms with Crippen molar-refractivity contribution in [2.24, 2.45) is 5.92 Å². The summed E-state index contributed by atoms with van der Waals surface area (Å²) in [6.07, 6.45) is 13.0. The van der Waals surface area contributed by atoms with Gasteiger partial charge in [0.25, 0.3) is 0 Å². The lowest BCUT2D eigenvalue weighted by molar-refractivity contribution is 0.0744. The van der Waals surface area contributed by atoms with Crippen molar-refractivity contribution in [2.45, 2.75) is 56.1 Å². The SMILES string of the molecule is COc1cnc(OC2CCC(Oc3cc(C45CCOCC4C5)cn4ncnc34)CC2)nc1. The lowest BCUT2D eigenvalue weighted by Gasteiger charge is -2.29. The molecule has 2 aliphatic carbocycles. The molecule has 0 spiro atoms. The highest BCUT2D eigenvalue weighted by atomic mass is 16.5. The molecule has 0 aromatic carbocycles. The van der Waals surface area contributed by atoms with Gasteiger partial charge in [0.15, 0.2) is 17.1 Å². The van der Waals surface area contributed by atoms with Gasteiger partial charge in [0.1, 0.15) is 12.4 Å². The molecule has 9 heteroatoms. The van der Waals surface area contributed by atoms with Gasteiger partial charge in [0, 0.05) is 18.2 Å². The first-order valence-electron chi connectivity index (χ1n) is 11.3. The number of hydrogen-bond donors (Lipinski definition) is 0. The molecule has 0 radical (unpaired) electrons. The molecule has 168 valence electrons. The molecule has 0 N–H and O–H groups in total. The zero-order valence-corrected chi connectivity index (χ0v) is 18.1. The summed E-state index contributed by atoms with van der Waals surface area (Å²) in [5.41, 5.74) is 2.30. The molecule has 9 nitrogen and oxygen atoms in total. The van der Waals surface area contributed by atoms with Gasteiger partial charge in [-0.25, -0.2) is 9.50 Å². The lowest BCUT2D eigenvalue weighted by atomic mass is 9.90. The molecule has 3 aromatic heterocycles. The van der Waals surface area contributed by atoms with Crippen molar-refractivity contribution in [1.29, 1.82) is 0 Å². The molecular formula is C23H27N5O4. The first kappa shape index (κ1) is 19.7. The van der Waals surface area contributed by atoms with Gasteiger partial charge in [-0.15, -0.1) is 0 Å². The van der Waals surface area contributed by atoms with E-state index in [0.29, 0.717) is 17.7 Å². The molecule has 0 bridgehead atoms. The topological polar surface area (TPSA) is 92.9 Å². The fourth-order valence-electron chi connectivity index (χ4n) is 5.21. The van der Waals surface area contributed by atoms with E-state index in [9.17, 15) is 0 Å². The van der Waals surface area contributed by atoms with Crippen LogP contribution in [0, 0.1) is 5.92 Å². The van der Waals surface area contributed by atoms with E-state index < -0.39 is 0 Å². The van der Waals surface area contributed by atoms with Crippen LogP contribution in [-0.4, -0.2) is 57.1 Å². The summed E-state index contributed by atoms with van der Waals surface area (Å²) in [5, 5.41) is 4.40. The maximum absolute atomic E-state index is 6.49. The molecular weight excluding hydrogens is 410 g/mol. The number of fused-ring (bicyclic) bond motifs is 2. The molecule has 0 amide bonds. The molecule has 3 aliphatic rings. The smallest absolute Gasteiger partial charge is 0.316 e. The first-order valence-corrected chi connectivity index (χ1v) is 11.3. The van der Waals surface area contributed by atoms with Crippen molar-refractivity contribution in [2.75, 3.05) is 20.3 Å². The Morgan fingerprint density at radius 3 is 2.59 bits per heavy atom. The van der Waals surface area contributed by atoms with E-state index in [1.165, 1.54) is 12.0 Å². The molecule has 1 saturated heterocycles. The Morgan fingerprint density at radius 2 is 1.84 bits per heavy atom. The van der Waals surface area contributed by atoms with Crippen LogP contribution in [0.15, 0.2) is 31.0 Å². The Hall–Kier alpha value is -2.94. The average Bonchev–Trinajstić information content (AvgIpc) is 3.40. The van der Waals surface area contributed by atoms with E-state index in [0.717, 1.165) is 56.7 Å². The quantitative estimate of drug-likeness (QED) is 0.581. The summed E-state index contributed by atoms with van der Waals surface area (Å²) in [7, 11) is 1.59. The van der Waals surface area contributed by atoms with Crippen LogP contribution in [0.1, 0.15) is 44.1 Å². The van der Waals surface area contributed by atoms with Crippen LogP contribution in [0.4, 0.5) is 0 Å². The predicted octanol–water partition coefficient (Wildman–Crippen LogP) is 2.97. The van der Waals surface area contributed by atoms with Gasteiger partial charge in [-0.3, -0.25) is 0 Å². The van der Waals surface area contributed by atoms with E-state index in [1.807, 2.05) is 4.52 Å². The molecule has 3 aromatic rings. The summed E-state index contributed by atoms with van der Waals surface area (Å²) in [5.74, 6) is 2.06. The highest BCUT2D eigenvalue weighted by molar-refractivity contribution is 5.56. The number of hydrogen-bond acceptors (Lipinski definition) is 8. The van der Waals surface area contributed by atoms with Crippen LogP contribution in [0.5, 0.6) is 17.5 Å². The molecule has 1 aliphatic heterocycles. The third kappa shape index (κ3) is 3.54. The molecule has 2 saturated carbocycles. The Labute approximate surface area is 186 Å². The standard InChI is InChI=1S/C23H27N5O4/c1-29-19-10-24-22(25-11-19)32-18-4-2-17(3-5-18)31-20-8-15(12-28-21(20)26-14-27-28)23-6-7-30-13-16(23)9-23/h8,10-12,14,16-18H,2-7,9,13H2,1H3. The Balaban J connectivity index is 1.13. The number of methoxy groups -OCH3 is 1. The number of aromatic nitrogens is 5. The van der Waals surface area contributed by atoms with Gasteiger partial charge >= 0.3 is 6.01 Å². The predicted molar refractivity (Wildman–Crippen MR) is 114 cm³/mol. The maximum atomic E-state index is 6.49. The summed E-state index contributed by atoms with van der Waals surface area (Å²) >= 11 is 0. The number of pyridine rings is 1. The normalized spacial score (nSPS) is 29.3. The minimum Gasteiger partial charge on any atom is -0.494 e. The second-order valence-electron chi connectivity index (χ2n) is 9.04. The molecule has 2 atom stereocenters. The van der Waals surface area contributed by atoms with Gasteiger partial charge < -0.3 is 18.9 Å². The number of ether oxygens (including phenoxy) is 4. The molecule has 32 heavy (non-hydrogen) atoms. The van der Waals surface area contributed by atoms with Crippen molar-refractivity contribution in [3.05, 3.63) is 36.5 Å². The van der Waals surface area contributed by atoms with Crippen LogP contribution in [0.25, 0.3) is 5.65 Å². The van der Waals surface area contributed by atoms with Crippen LogP contribution in [-0.2, 0) is 10.2 Å². The Bertz CT molecular complexity index is 1100. The molecule has 6 rings (SSSR count). The average molecular weight is 438 g/mol. The van der Waals surface area contributed by atoms with Crippen LogP contribution in [0.2, 0.25) is 0 Å². The van der Waals surface area contributed by atoms with Crippen LogP contribution >= 0.6 is 0 Å².